The average Bonchev–Trinajstić information content (AvgIpc) is 4.02. The van der Waals surface area contributed by atoms with Crippen LogP contribution in [0.15, 0.2) is 0 Å². The number of amides is 1. The van der Waals surface area contributed by atoms with Crippen LogP contribution in [-0.2, 0) is 38.2 Å². The molecule has 0 atom stereocenters. The summed E-state index contributed by atoms with van der Waals surface area (Å²) in [6, 6.07) is 0. The van der Waals surface area contributed by atoms with Gasteiger partial charge < -0.3 is 34.2 Å². The van der Waals surface area contributed by atoms with Crippen molar-refractivity contribution in [2.75, 3.05) is 38.8 Å². The number of fused-ring (bicyclic) bond motifs is 9. The zero-order chi connectivity index (χ0) is 46.3. The standard InChI is InChI=1S/C16H26O4.C15H25NO2.C14H21ClO2.C4H8O.CH2Cl2/c1-14(19-11-12-20-14)3-2-4-15-5-8-16(9-6-15,10-7-15)13(17)18;1-12(17)4-3-5-14-6-9-15(10-7-14,11-8-14)13(18)16-2;1-11(16)3-2-4-13-5-8-14(9-6-13,10-7-13)12(15)17;1-2-4-5-3-1;2-1-3/h2-12H2,1H3,(H,17,18);3-11H2,1-2H3,(H,16,18);2-10H2,1H3;1-4H2;1H2. The highest BCUT2D eigenvalue weighted by Crippen LogP contribution is 2.61. The van der Waals surface area contributed by atoms with Crippen molar-refractivity contribution in [1.82, 2.24) is 5.32 Å². The van der Waals surface area contributed by atoms with Gasteiger partial charge in [0.05, 0.1) is 24.0 Å². The van der Waals surface area contributed by atoms with Gasteiger partial charge in [0.1, 0.15) is 11.6 Å². The molecule has 11 fully saturated rings. The minimum absolute atomic E-state index is 0.0585. The number of ether oxygens (including phenoxy) is 3. The molecule has 11 rings (SSSR count). The number of Topliss-reactive ketones (excluding diaryl/α,β-unsaturated/α-hetero) is 2. The maximum Gasteiger partial charge on any atom is 0.309 e. The molecule has 0 aromatic carbocycles. The van der Waals surface area contributed by atoms with E-state index < -0.39 is 5.97 Å². The van der Waals surface area contributed by atoms with E-state index >= 15 is 0 Å². The molecule has 9 aliphatic carbocycles. The number of aliphatic carboxylic acids is 1. The largest absolute Gasteiger partial charge is 0.481 e. The maximum atomic E-state index is 12.0. The molecule has 63 heavy (non-hydrogen) atoms. The van der Waals surface area contributed by atoms with Crippen molar-refractivity contribution in [2.24, 2.45) is 32.5 Å². The van der Waals surface area contributed by atoms with Crippen LogP contribution in [0.3, 0.4) is 0 Å². The summed E-state index contributed by atoms with van der Waals surface area (Å²) in [5.74, 6) is -0.0910. The molecule has 2 heterocycles. The van der Waals surface area contributed by atoms with Gasteiger partial charge in [0.2, 0.25) is 11.1 Å². The summed E-state index contributed by atoms with van der Waals surface area (Å²) in [5, 5.41) is 12.3. The normalized spacial score (nSPS) is 34.1. The molecular formula is C50H82Cl3NO9. The molecule has 1 amide bonds. The van der Waals surface area contributed by atoms with Crippen molar-refractivity contribution >= 4 is 63.5 Å². The second-order valence-corrected chi connectivity index (χ2v) is 22.4. The number of carbonyl (C=O) groups excluding carboxylic acids is 4. The van der Waals surface area contributed by atoms with Crippen molar-refractivity contribution in [3.8, 4) is 0 Å². The molecule has 2 saturated heterocycles. The summed E-state index contributed by atoms with van der Waals surface area (Å²) in [4.78, 5) is 56.9. The highest BCUT2D eigenvalue weighted by atomic mass is 35.5. The number of rotatable bonds is 15. The zero-order valence-electron chi connectivity index (χ0n) is 39.4. The third kappa shape index (κ3) is 15.1. The van der Waals surface area contributed by atoms with E-state index in [1.165, 1.54) is 44.9 Å². The van der Waals surface area contributed by atoms with Gasteiger partial charge >= 0.3 is 5.97 Å². The maximum absolute atomic E-state index is 12.0. The molecule has 0 aromatic rings. The summed E-state index contributed by atoms with van der Waals surface area (Å²) < 4.78 is 16.3. The lowest BCUT2D eigenvalue weighted by Gasteiger charge is -2.52. The van der Waals surface area contributed by atoms with Crippen LogP contribution in [0.25, 0.3) is 0 Å². The van der Waals surface area contributed by atoms with E-state index in [-0.39, 0.29) is 38.5 Å². The van der Waals surface area contributed by atoms with E-state index in [0.717, 1.165) is 148 Å². The van der Waals surface area contributed by atoms with Crippen molar-refractivity contribution in [2.45, 2.75) is 213 Å². The summed E-state index contributed by atoms with van der Waals surface area (Å²) in [7, 11) is 1.75. The SMILES string of the molecule is C1CCOC1.CC(=O)CCCC12CCC(C(=O)Cl)(CC1)CC2.CC1(CCCC23CCC(C(=O)O)(CC2)CC3)OCCO1.CNC(=O)C12CCC(CCCC(C)=O)(CC1)CC2.ClCCl. The topological polar surface area (TPSA) is 145 Å². The summed E-state index contributed by atoms with van der Waals surface area (Å²) in [6.07, 6.45) is 30.5. The van der Waals surface area contributed by atoms with Crippen LogP contribution < -0.4 is 5.32 Å². The summed E-state index contributed by atoms with van der Waals surface area (Å²) in [6.45, 7) is 8.80. The molecule has 0 radical (unpaired) electrons. The first-order valence-corrected chi connectivity index (χ1v) is 26.0. The second kappa shape index (κ2) is 24.6. The van der Waals surface area contributed by atoms with Gasteiger partial charge in [-0.15, -0.1) is 23.2 Å². The predicted octanol–water partition coefficient (Wildman–Crippen LogP) is 12.2. The fourth-order valence-corrected chi connectivity index (χ4v) is 12.8. The number of halogens is 3. The Hall–Kier alpha value is -1.30. The zero-order valence-corrected chi connectivity index (χ0v) is 41.7. The van der Waals surface area contributed by atoms with E-state index in [1.54, 1.807) is 20.9 Å². The Morgan fingerprint density at radius 3 is 1.19 bits per heavy atom. The van der Waals surface area contributed by atoms with Gasteiger partial charge in [-0.2, -0.15) is 0 Å². The van der Waals surface area contributed by atoms with Crippen LogP contribution in [0.4, 0.5) is 0 Å². The minimum atomic E-state index is -0.564. The molecule has 11 aliphatic rings. The first-order chi connectivity index (χ1) is 29.9. The van der Waals surface area contributed by atoms with E-state index in [9.17, 15) is 29.1 Å². The van der Waals surface area contributed by atoms with Crippen molar-refractivity contribution in [1.29, 1.82) is 0 Å². The van der Waals surface area contributed by atoms with Gasteiger partial charge in [0.25, 0.3) is 0 Å². The Morgan fingerprint density at radius 2 is 0.889 bits per heavy atom. The van der Waals surface area contributed by atoms with Crippen molar-refractivity contribution in [3.63, 3.8) is 0 Å². The third-order valence-electron chi connectivity index (χ3n) is 17.3. The molecule has 0 unspecified atom stereocenters. The van der Waals surface area contributed by atoms with E-state index in [4.69, 9.17) is 49.0 Å². The molecule has 13 heteroatoms. The number of hydrogen-bond donors (Lipinski definition) is 2. The minimum Gasteiger partial charge on any atom is -0.481 e. The lowest BCUT2D eigenvalue weighted by Crippen LogP contribution is -2.49. The summed E-state index contributed by atoms with van der Waals surface area (Å²) >= 11 is 15.3. The molecule has 0 aromatic heterocycles. The molecule has 362 valence electrons. The third-order valence-corrected chi connectivity index (χ3v) is 17.7. The number of hydrogen-bond acceptors (Lipinski definition) is 8. The molecule has 0 spiro atoms. The molecule has 2 aliphatic heterocycles. The van der Waals surface area contributed by atoms with Crippen molar-refractivity contribution < 1.29 is 43.3 Å². The quantitative estimate of drug-likeness (QED) is 0.121. The second-order valence-electron chi connectivity index (χ2n) is 21.2. The lowest BCUT2D eigenvalue weighted by atomic mass is 9.52. The molecule has 9 saturated carbocycles. The van der Waals surface area contributed by atoms with Gasteiger partial charge in [-0.25, -0.2) is 0 Å². The average molecular weight is 948 g/mol. The highest BCUT2D eigenvalue weighted by molar-refractivity contribution is 6.64. The number of carboxylic acid groups (broad SMARTS) is 1. The predicted molar refractivity (Wildman–Crippen MR) is 250 cm³/mol. The Kier molecular flexibility index (Phi) is 21.2. The van der Waals surface area contributed by atoms with Gasteiger partial charge in [-0.1, -0.05) is 0 Å². The lowest BCUT2D eigenvalue weighted by molar-refractivity contribution is -0.160. The van der Waals surface area contributed by atoms with Crippen LogP contribution in [0, 0.1) is 32.5 Å². The van der Waals surface area contributed by atoms with Crippen LogP contribution in [0.1, 0.15) is 207 Å². The Bertz CT molecular complexity index is 1420. The first-order valence-electron chi connectivity index (χ1n) is 24.5. The fourth-order valence-electron chi connectivity index (χ4n) is 12.6. The monoisotopic (exact) mass is 946 g/mol. The van der Waals surface area contributed by atoms with Crippen LogP contribution >= 0.6 is 34.8 Å². The smallest absolute Gasteiger partial charge is 0.309 e. The number of carbonyl (C=O) groups is 5. The van der Waals surface area contributed by atoms with Crippen LogP contribution in [0.5, 0.6) is 0 Å². The Morgan fingerprint density at radius 1 is 0.540 bits per heavy atom. The molecule has 6 bridgehead atoms. The Labute approximate surface area is 394 Å². The van der Waals surface area contributed by atoms with E-state index in [0.29, 0.717) is 47.4 Å². The van der Waals surface area contributed by atoms with Crippen molar-refractivity contribution in [3.05, 3.63) is 0 Å². The van der Waals surface area contributed by atoms with Crippen LogP contribution in [0.2, 0.25) is 0 Å². The number of nitrogens with one attached hydrogen (secondary N) is 1. The highest BCUT2D eigenvalue weighted by Gasteiger charge is 2.54. The van der Waals surface area contributed by atoms with Gasteiger partial charge in [0.15, 0.2) is 5.79 Å². The van der Waals surface area contributed by atoms with Gasteiger partial charge in [-0.3, -0.25) is 14.4 Å². The van der Waals surface area contributed by atoms with E-state index in [1.807, 2.05) is 6.92 Å². The molecule has 10 nitrogen and oxygen atoms in total. The molecular weight excluding hydrogens is 865 g/mol. The number of alkyl halides is 2. The molecule has 2 N–H and O–H groups in total. The fraction of sp³-hybridized carbons (Fsp3) is 0.900. The Balaban J connectivity index is 0.000000191. The number of carboxylic acids is 1. The first kappa shape index (κ1) is 54.3. The van der Waals surface area contributed by atoms with E-state index in [2.05, 4.69) is 5.32 Å². The van der Waals surface area contributed by atoms with Gasteiger partial charge in [0, 0.05) is 50.4 Å². The number of ketones is 2. The van der Waals surface area contributed by atoms with Crippen LogP contribution in [-0.4, -0.2) is 78.4 Å². The summed E-state index contributed by atoms with van der Waals surface area (Å²) in [5.41, 5.74) is 0.646. The van der Waals surface area contributed by atoms with Gasteiger partial charge in [-0.05, 0) is 216 Å².